The van der Waals surface area contributed by atoms with E-state index in [-0.39, 0.29) is 0 Å². The third-order valence-corrected chi connectivity index (χ3v) is 4.25. The van der Waals surface area contributed by atoms with E-state index < -0.39 is 0 Å². The summed E-state index contributed by atoms with van der Waals surface area (Å²) in [7, 11) is 0. The van der Waals surface area contributed by atoms with Crippen LogP contribution in [0.4, 0.5) is 10.8 Å². The van der Waals surface area contributed by atoms with Crippen molar-refractivity contribution in [3.05, 3.63) is 54.1 Å². The number of anilines is 2. The van der Waals surface area contributed by atoms with Crippen LogP contribution in [-0.2, 0) is 6.42 Å². The van der Waals surface area contributed by atoms with Gasteiger partial charge in [0, 0.05) is 5.69 Å². The molecule has 0 aliphatic rings. The van der Waals surface area contributed by atoms with Crippen LogP contribution in [-0.4, -0.2) is 10.1 Å². The van der Waals surface area contributed by atoms with Crippen LogP contribution in [0.5, 0.6) is 0 Å². The van der Waals surface area contributed by atoms with Gasteiger partial charge in [0.25, 0.3) is 0 Å². The molecule has 106 valence electrons. The third kappa shape index (κ3) is 3.37. The summed E-state index contributed by atoms with van der Waals surface area (Å²) in [5.41, 5.74) is 3.29. The number of rotatable bonds is 3. The highest BCUT2D eigenvalue weighted by molar-refractivity contribution is 7.80. The highest BCUT2D eigenvalue weighted by Gasteiger charge is 2.06. The lowest BCUT2D eigenvalue weighted by atomic mass is 10.2. The van der Waals surface area contributed by atoms with Gasteiger partial charge in [-0.2, -0.15) is 0 Å². The van der Waals surface area contributed by atoms with Crippen molar-refractivity contribution in [2.24, 2.45) is 0 Å². The summed E-state index contributed by atoms with van der Waals surface area (Å²) in [4.78, 5) is 4.55. The molecule has 0 atom stereocenters. The first-order chi connectivity index (χ1) is 10.2. The van der Waals surface area contributed by atoms with E-state index in [4.69, 9.17) is 12.2 Å². The van der Waals surface area contributed by atoms with E-state index >= 15 is 0 Å². The fourth-order valence-corrected chi connectivity index (χ4v) is 3.24. The number of aryl methyl sites for hydroxylation is 1. The third-order valence-electron chi connectivity index (χ3n) is 3.11. The molecule has 0 bridgehead atoms. The van der Waals surface area contributed by atoms with Gasteiger partial charge in [-0.3, -0.25) is 0 Å². The number of thiazole rings is 1. The predicted molar refractivity (Wildman–Crippen MR) is 95.3 cm³/mol. The number of thiocarbonyl (C=S) groups is 1. The van der Waals surface area contributed by atoms with Crippen molar-refractivity contribution in [3.8, 4) is 0 Å². The SMILES string of the molecule is CCc1ccc2nc(NC(=S)Nc3ccccc3)sc2c1. The Morgan fingerprint density at radius 2 is 1.95 bits per heavy atom. The first-order valence-corrected chi connectivity index (χ1v) is 7.99. The Hall–Kier alpha value is -1.98. The molecule has 1 heterocycles. The van der Waals surface area contributed by atoms with Crippen LogP contribution in [0.15, 0.2) is 48.5 Å². The molecule has 0 fully saturated rings. The van der Waals surface area contributed by atoms with Crippen LogP contribution < -0.4 is 10.6 Å². The van der Waals surface area contributed by atoms with E-state index in [0.29, 0.717) is 5.11 Å². The fraction of sp³-hybridized carbons (Fsp3) is 0.125. The van der Waals surface area contributed by atoms with Crippen LogP contribution in [0.25, 0.3) is 10.2 Å². The summed E-state index contributed by atoms with van der Waals surface area (Å²) in [5, 5.41) is 7.65. The minimum atomic E-state index is 0.552. The maximum Gasteiger partial charge on any atom is 0.190 e. The lowest BCUT2D eigenvalue weighted by Crippen LogP contribution is -2.18. The molecule has 0 saturated carbocycles. The second-order valence-corrected chi connectivity index (χ2v) is 6.06. The van der Waals surface area contributed by atoms with E-state index in [1.807, 2.05) is 30.3 Å². The highest BCUT2D eigenvalue weighted by atomic mass is 32.1. The molecule has 0 amide bonds. The smallest absolute Gasteiger partial charge is 0.190 e. The first kappa shape index (κ1) is 14.0. The van der Waals surface area contributed by atoms with Gasteiger partial charge in [0.15, 0.2) is 10.2 Å². The molecule has 3 rings (SSSR count). The zero-order valence-electron chi connectivity index (χ0n) is 11.6. The Kier molecular flexibility index (Phi) is 4.13. The van der Waals surface area contributed by atoms with Crippen LogP contribution in [0.3, 0.4) is 0 Å². The average molecular weight is 313 g/mol. The maximum absolute atomic E-state index is 5.32. The van der Waals surface area contributed by atoms with Crippen LogP contribution >= 0.6 is 23.6 Å². The Morgan fingerprint density at radius 1 is 1.14 bits per heavy atom. The number of nitrogens with one attached hydrogen (secondary N) is 2. The molecule has 5 heteroatoms. The van der Waals surface area contributed by atoms with E-state index in [9.17, 15) is 0 Å². The fourth-order valence-electron chi connectivity index (χ4n) is 2.02. The topological polar surface area (TPSA) is 37.0 Å². The van der Waals surface area contributed by atoms with Crippen LogP contribution in [0, 0.1) is 0 Å². The number of benzene rings is 2. The molecule has 0 aliphatic carbocycles. The summed E-state index contributed by atoms with van der Waals surface area (Å²) in [6, 6.07) is 16.2. The zero-order valence-corrected chi connectivity index (χ0v) is 13.2. The summed E-state index contributed by atoms with van der Waals surface area (Å²) in [6.45, 7) is 2.15. The molecule has 21 heavy (non-hydrogen) atoms. The molecule has 2 aromatic carbocycles. The quantitative estimate of drug-likeness (QED) is 0.689. The molecule has 0 unspecified atom stereocenters. The number of aromatic nitrogens is 1. The Bertz CT molecular complexity index is 766. The van der Waals surface area contributed by atoms with Crippen LogP contribution in [0.2, 0.25) is 0 Å². The van der Waals surface area contributed by atoms with Gasteiger partial charge in [0.05, 0.1) is 10.2 Å². The number of para-hydroxylation sites is 1. The molecule has 0 aliphatic heterocycles. The maximum atomic E-state index is 5.32. The molecule has 3 aromatic rings. The summed E-state index contributed by atoms with van der Waals surface area (Å²) >= 11 is 6.93. The number of hydrogen-bond donors (Lipinski definition) is 2. The van der Waals surface area contributed by atoms with E-state index in [1.54, 1.807) is 11.3 Å². The van der Waals surface area contributed by atoms with Gasteiger partial charge in [-0.1, -0.05) is 42.5 Å². The standard InChI is InChI=1S/C16H15N3S2/c1-2-11-8-9-13-14(10-11)21-16(18-13)19-15(20)17-12-6-4-3-5-7-12/h3-10H,2H2,1H3,(H2,17,18,19,20). The van der Waals surface area contributed by atoms with Gasteiger partial charge < -0.3 is 10.6 Å². The van der Waals surface area contributed by atoms with Crippen molar-refractivity contribution in [2.45, 2.75) is 13.3 Å². The van der Waals surface area contributed by atoms with Gasteiger partial charge in [-0.15, -0.1) is 0 Å². The van der Waals surface area contributed by atoms with Crippen molar-refractivity contribution in [1.29, 1.82) is 0 Å². The van der Waals surface area contributed by atoms with Crippen molar-refractivity contribution >= 4 is 49.7 Å². The van der Waals surface area contributed by atoms with Gasteiger partial charge in [0.1, 0.15) is 0 Å². The van der Waals surface area contributed by atoms with Crippen molar-refractivity contribution in [3.63, 3.8) is 0 Å². The normalized spacial score (nSPS) is 10.5. The Labute approximate surface area is 133 Å². The first-order valence-electron chi connectivity index (χ1n) is 6.77. The minimum absolute atomic E-state index is 0.552. The summed E-state index contributed by atoms with van der Waals surface area (Å²) < 4.78 is 1.18. The largest absolute Gasteiger partial charge is 0.332 e. The highest BCUT2D eigenvalue weighted by Crippen LogP contribution is 2.27. The minimum Gasteiger partial charge on any atom is -0.332 e. The summed E-state index contributed by atoms with van der Waals surface area (Å²) in [5.74, 6) is 0. The predicted octanol–water partition coefficient (Wildman–Crippen LogP) is 4.67. The van der Waals surface area contributed by atoms with Crippen molar-refractivity contribution in [1.82, 2.24) is 4.98 Å². The number of hydrogen-bond acceptors (Lipinski definition) is 3. The second-order valence-electron chi connectivity index (χ2n) is 4.62. The Balaban J connectivity index is 1.74. The van der Waals surface area contributed by atoms with E-state index in [2.05, 4.69) is 40.7 Å². The average Bonchev–Trinajstić information content (AvgIpc) is 2.89. The second kappa shape index (κ2) is 6.20. The molecule has 0 spiro atoms. The molecule has 3 nitrogen and oxygen atoms in total. The van der Waals surface area contributed by atoms with Crippen molar-refractivity contribution in [2.75, 3.05) is 10.6 Å². The van der Waals surface area contributed by atoms with Gasteiger partial charge in [0.2, 0.25) is 0 Å². The lowest BCUT2D eigenvalue weighted by molar-refractivity contribution is 1.15. The number of fused-ring (bicyclic) bond motifs is 1. The van der Waals surface area contributed by atoms with Crippen LogP contribution in [0.1, 0.15) is 12.5 Å². The van der Waals surface area contributed by atoms with Gasteiger partial charge >= 0.3 is 0 Å². The number of nitrogens with zero attached hydrogens (tertiary/aromatic N) is 1. The van der Waals surface area contributed by atoms with Gasteiger partial charge in [-0.05, 0) is 48.5 Å². The summed E-state index contributed by atoms with van der Waals surface area (Å²) in [6.07, 6.45) is 1.03. The molecule has 0 saturated heterocycles. The molecular formula is C16H15N3S2. The molecule has 0 radical (unpaired) electrons. The molecular weight excluding hydrogens is 298 g/mol. The zero-order chi connectivity index (χ0) is 14.7. The molecule has 2 N–H and O–H groups in total. The monoisotopic (exact) mass is 313 g/mol. The van der Waals surface area contributed by atoms with E-state index in [1.165, 1.54) is 10.3 Å². The van der Waals surface area contributed by atoms with E-state index in [0.717, 1.165) is 22.8 Å². The lowest BCUT2D eigenvalue weighted by Gasteiger charge is -2.07. The van der Waals surface area contributed by atoms with Crippen molar-refractivity contribution < 1.29 is 0 Å². The molecule has 1 aromatic heterocycles. The van der Waals surface area contributed by atoms with Gasteiger partial charge in [-0.25, -0.2) is 4.98 Å². The Morgan fingerprint density at radius 3 is 2.71 bits per heavy atom.